The van der Waals surface area contributed by atoms with Crippen molar-refractivity contribution in [1.29, 1.82) is 0 Å². The minimum absolute atomic E-state index is 0.350. The lowest BCUT2D eigenvalue weighted by atomic mass is 9.78. The van der Waals surface area contributed by atoms with Crippen molar-refractivity contribution in [3.63, 3.8) is 0 Å². The Balaban J connectivity index is 1.70. The second-order valence-electron chi connectivity index (χ2n) is 5.80. The summed E-state index contributed by atoms with van der Waals surface area (Å²) in [6, 6.07) is 0. The third kappa shape index (κ3) is 3.69. The van der Waals surface area contributed by atoms with Gasteiger partial charge in [-0.2, -0.15) is 0 Å². The van der Waals surface area contributed by atoms with Crippen LogP contribution in [0.15, 0.2) is 0 Å². The summed E-state index contributed by atoms with van der Waals surface area (Å²) in [5.41, 5.74) is 0. The highest BCUT2D eigenvalue weighted by molar-refractivity contribution is 4.80. The molecule has 100 valence electrons. The smallest absolute Gasteiger partial charge is 0.0838 e. The van der Waals surface area contributed by atoms with Gasteiger partial charge in [0.25, 0.3) is 0 Å². The molecule has 2 unspecified atom stereocenters. The molecule has 0 N–H and O–H groups in total. The van der Waals surface area contributed by atoms with Gasteiger partial charge in [-0.1, -0.05) is 39.5 Å². The molecular formula is C15H28O2. The topological polar surface area (TPSA) is 18.5 Å². The maximum Gasteiger partial charge on any atom is 0.0838 e. The fourth-order valence-corrected chi connectivity index (χ4v) is 3.32. The molecule has 2 heteroatoms. The average molecular weight is 240 g/mol. The summed E-state index contributed by atoms with van der Waals surface area (Å²) in [4.78, 5) is 0. The zero-order chi connectivity index (χ0) is 12.1. The van der Waals surface area contributed by atoms with E-state index in [-0.39, 0.29) is 0 Å². The molecule has 0 bridgehead atoms. The van der Waals surface area contributed by atoms with Crippen LogP contribution in [0.3, 0.4) is 0 Å². The largest absolute Gasteiger partial charge is 0.373 e. The predicted molar refractivity (Wildman–Crippen MR) is 70.1 cm³/mol. The molecule has 0 aromatic rings. The molecule has 2 atom stereocenters. The van der Waals surface area contributed by atoms with Crippen LogP contribution < -0.4 is 0 Å². The number of ether oxygens (including phenoxy) is 2. The highest BCUT2D eigenvalue weighted by Gasteiger charge is 2.31. The molecule has 0 amide bonds. The van der Waals surface area contributed by atoms with Crippen LogP contribution in [0.4, 0.5) is 0 Å². The SMILES string of the molecule is CCCC1CCC(C2COC(CC)CO2)CC1. The Labute approximate surface area is 106 Å². The summed E-state index contributed by atoms with van der Waals surface area (Å²) in [7, 11) is 0. The van der Waals surface area contributed by atoms with Crippen molar-refractivity contribution < 1.29 is 9.47 Å². The van der Waals surface area contributed by atoms with E-state index in [2.05, 4.69) is 13.8 Å². The van der Waals surface area contributed by atoms with Crippen molar-refractivity contribution in [3.05, 3.63) is 0 Å². The van der Waals surface area contributed by atoms with Crippen LogP contribution in [-0.2, 0) is 9.47 Å². The van der Waals surface area contributed by atoms with Crippen molar-refractivity contribution in [2.24, 2.45) is 11.8 Å². The molecule has 1 saturated carbocycles. The number of hydrogen-bond donors (Lipinski definition) is 0. The van der Waals surface area contributed by atoms with Gasteiger partial charge in [-0.3, -0.25) is 0 Å². The maximum atomic E-state index is 5.99. The normalized spacial score (nSPS) is 39.2. The van der Waals surface area contributed by atoms with Crippen LogP contribution in [0.1, 0.15) is 58.8 Å². The van der Waals surface area contributed by atoms with Crippen molar-refractivity contribution >= 4 is 0 Å². The van der Waals surface area contributed by atoms with Crippen molar-refractivity contribution in [2.75, 3.05) is 13.2 Å². The van der Waals surface area contributed by atoms with E-state index in [1.165, 1.54) is 38.5 Å². The van der Waals surface area contributed by atoms with E-state index in [1.807, 2.05) is 0 Å². The lowest BCUT2D eigenvalue weighted by molar-refractivity contribution is -0.155. The lowest BCUT2D eigenvalue weighted by Gasteiger charge is -2.37. The van der Waals surface area contributed by atoms with Gasteiger partial charge in [0.05, 0.1) is 25.4 Å². The third-order valence-corrected chi connectivity index (χ3v) is 4.56. The molecule has 1 saturated heterocycles. The first kappa shape index (κ1) is 13.4. The van der Waals surface area contributed by atoms with Gasteiger partial charge in [0.1, 0.15) is 0 Å². The van der Waals surface area contributed by atoms with E-state index in [1.54, 1.807) is 0 Å². The molecule has 0 radical (unpaired) electrons. The summed E-state index contributed by atoms with van der Waals surface area (Å²) in [6.45, 7) is 6.12. The van der Waals surface area contributed by atoms with Crippen LogP contribution in [0.25, 0.3) is 0 Å². The molecule has 1 aliphatic carbocycles. The van der Waals surface area contributed by atoms with Crippen LogP contribution in [0.5, 0.6) is 0 Å². The van der Waals surface area contributed by atoms with E-state index in [0.717, 1.165) is 31.5 Å². The molecular weight excluding hydrogens is 212 g/mol. The van der Waals surface area contributed by atoms with E-state index in [9.17, 15) is 0 Å². The van der Waals surface area contributed by atoms with Gasteiger partial charge < -0.3 is 9.47 Å². The minimum atomic E-state index is 0.350. The molecule has 0 spiro atoms. The maximum absolute atomic E-state index is 5.99. The van der Waals surface area contributed by atoms with Crippen LogP contribution in [-0.4, -0.2) is 25.4 Å². The van der Waals surface area contributed by atoms with Gasteiger partial charge >= 0.3 is 0 Å². The average Bonchev–Trinajstić information content (AvgIpc) is 2.40. The Morgan fingerprint density at radius 3 is 2.24 bits per heavy atom. The van der Waals surface area contributed by atoms with Gasteiger partial charge in [0.2, 0.25) is 0 Å². The fourth-order valence-electron chi connectivity index (χ4n) is 3.32. The fraction of sp³-hybridized carbons (Fsp3) is 1.00. The highest BCUT2D eigenvalue weighted by atomic mass is 16.6. The predicted octanol–water partition coefficient (Wildman–Crippen LogP) is 3.79. The zero-order valence-corrected chi connectivity index (χ0v) is 11.5. The first-order chi connectivity index (χ1) is 8.33. The second-order valence-corrected chi connectivity index (χ2v) is 5.80. The van der Waals surface area contributed by atoms with Crippen LogP contribution in [0.2, 0.25) is 0 Å². The summed E-state index contributed by atoms with van der Waals surface area (Å²) in [6.07, 6.45) is 10.1. The standard InChI is InChI=1S/C15H28O2/c1-3-5-12-6-8-13(9-7-12)15-11-16-14(4-2)10-17-15/h12-15H,3-11H2,1-2H3. The van der Waals surface area contributed by atoms with Gasteiger partial charge in [-0.15, -0.1) is 0 Å². The van der Waals surface area contributed by atoms with Gasteiger partial charge in [-0.05, 0) is 31.1 Å². The summed E-state index contributed by atoms with van der Waals surface area (Å²) < 4.78 is 11.8. The number of hydrogen-bond acceptors (Lipinski definition) is 2. The summed E-state index contributed by atoms with van der Waals surface area (Å²) >= 11 is 0. The third-order valence-electron chi connectivity index (χ3n) is 4.56. The van der Waals surface area contributed by atoms with Gasteiger partial charge in [-0.25, -0.2) is 0 Å². The van der Waals surface area contributed by atoms with E-state index in [0.29, 0.717) is 12.2 Å². The molecule has 1 heterocycles. The lowest BCUT2D eigenvalue weighted by Crippen LogP contribution is -2.40. The minimum Gasteiger partial charge on any atom is -0.373 e. The molecule has 2 rings (SSSR count). The molecule has 2 fully saturated rings. The Hall–Kier alpha value is -0.0800. The number of rotatable bonds is 4. The Morgan fingerprint density at radius 2 is 1.71 bits per heavy atom. The van der Waals surface area contributed by atoms with E-state index >= 15 is 0 Å². The summed E-state index contributed by atoms with van der Waals surface area (Å²) in [5.74, 6) is 1.75. The Morgan fingerprint density at radius 1 is 0.941 bits per heavy atom. The van der Waals surface area contributed by atoms with Gasteiger partial charge in [0, 0.05) is 0 Å². The van der Waals surface area contributed by atoms with E-state index < -0.39 is 0 Å². The Bertz CT molecular complexity index is 201. The van der Waals surface area contributed by atoms with Crippen molar-refractivity contribution in [3.8, 4) is 0 Å². The Kier molecular flexibility index (Phi) is 5.30. The molecule has 1 aliphatic heterocycles. The van der Waals surface area contributed by atoms with Crippen molar-refractivity contribution in [1.82, 2.24) is 0 Å². The highest BCUT2D eigenvalue weighted by Crippen LogP contribution is 2.35. The molecule has 2 aliphatic rings. The zero-order valence-electron chi connectivity index (χ0n) is 11.5. The van der Waals surface area contributed by atoms with Crippen LogP contribution in [0, 0.1) is 11.8 Å². The quantitative estimate of drug-likeness (QED) is 0.744. The first-order valence-electron chi connectivity index (χ1n) is 7.56. The van der Waals surface area contributed by atoms with Gasteiger partial charge in [0.15, 0.2) is 0 Å². The van der Waals surface area contributed by atoms with E-state index in [4.69, 9.17) is 9.47 Å². The summed E-state index contributed by atoms with van der Waals surface area (Å²) in [5, 5.41) is 0. The van der Waals surface area contributed by atoms with Crippen LogP contribution >= 0.6 is 0 Å². The second kappa shape index (κ2) is 6.75. The molecule has 0 aromatic heterocycles. The molecule has 2 nitrogen and oxygen atoms in total. The molecule has 17 heavy (non-hydrogen) atoms. The monoisotopic (exact) mass is 240 g/mol. The first-order valence-corrected chi connectivity index (χ1v) is 7.56. The molecule has 0 aromatic carbocycles. The van der Waals surface area contributed by atoms with Crippen molar-refractivity contribution in [2.45, 2.75) is 71.0 Å².